The molecule has 0 spiro atoms. The lowest BCUT2D eigenvalue weighted by Gasteiger charge is -2.09. The minimum Gasteiger partial charge on any atom is -0.395 e. The molecule has 21 heavy (non-hydrogen) atoms. The van der Waals surface area contributed by atoms with E-state index in [1.165, 1.54) is 12.1 Å². The maximum absolute atomic E-state index is 12.9. The summed E-state index contributed by atoms with van der Waals surface area (Å²) in [7, 11) is 0. The molecule has 0 bridgehead atoms. The molecular weight excluding hydrogens is 323 g/mol. The molecule has 0 aliphatic carbocycles. The van der Waals surface area contributed by atoms with Gasteiger partial charge in [-0.15, -0.1) is 8.78 Å². The fourth-order valence-electron chi connectivity index (χ4n) is 1.94. The van der Waals surface area contributed by atoms with Crippen LogP contribution in [0.25, 0.3) is 0 Å². The number of halogens is 4. The molecule has 1 heterocycles. The summed E-state index contributed by atoms with van der Waals surface area (Å²) in [6, 6.07) is 9.59. The third kappa shape index (κ3) is 3.14. The van der Waals surface area contributed by atoms with Crippen molar-refractivity contribution in [2.24, 2.45) is 0 Å². The van der Waals surface area contributed by atoms with Crippen LogP contribution in [0.15, 0.2) is 36.4 Å². The molecule has 0 amide bonds. The van der Waals surface area contributed by atoms with E-state index in [-0.39, 0.29) is 11.5 Å². The van der Waals surface area contributed by atoms with Gasteiger partial charge in [0.25, 0.3) is 0 Å². The number of fused-ring (bicyclic) bond motifs is 1. The normalized spacial score (nSPS) is 15.0. The van der Waals surface area contributed by atoms with Gasteiger partial charge in [-0.2, -0.15) is 0 Å². The summed E-state index contributed by atoms with van der Waals surface area (Å²) < 4.78 is 34.6. The zero-order valence-corrected chi connectivity index (χ0v) is 12.0. The van der Waals surface area contributed by atoms with Gasteiger partial charge >= 0.3 is 6.29 Å². The minimum absolute atomic E-state index is 0.00587. The maximum Gasteiger partial charge on any atom is 0.586 e. The van der Waals surface area contributed by atoms with Crippen LogP contribution in [0.5, 0.6) is 11.5 Å². The molecular formula is C14H9Cl2F2NO2. The summed E-state index contributed by atoms with van der Waals surface area (Å²) in [6.45, 7) is 0.398. The average molecular weight is 332 g/mol. The Morgan fingerprint density at radius 1 is 1.00 bits per heavy atom. The summed E-state index contributed by atoms with van der Waals surface area (Å²) in [5.74, 6) is -0.00599. The van der Waals surface area contributed by atoms with E-state index in [9.17, 15) is 8.78 Å². The van der Waals surface area contributed by atoms with Crippen LogP contribution in [-0.4, -0.2) is 6.29 Å². The lowest BCUT2D eigenvalue weighted by atomic mass is 10.2. The van der Waals surface area contributed by atoms with Gasteiger partial charge in [0.1, 0.15) is 0 Å². The van der Waals surface area contributed by atoms with E-state index >= 15 is 0 Å². The Balaban J connectivity index is 1.74. The van der Waals surface area contributed by atoms with E-state index in [1.54, 1.807) is 24.3 Å². The molecule has 110 valence electrons. The van der Waals surface area contributed by atoms with Gasteiger partial charge in [0, 0.05) is 28.3 Å². The van der Waals surface area contributed by atoms with Crippen LogP contribution in [-0.2, 0) is 6.54 Å². The van der Waals surface area contributed by atoms with Crippen molar-refractivity contribution in [3.8, 4) is 11.5 Å². The van der Waals surface area contributed by atoms with Crippen LogP contribution in [0, 0.1) is 0 Å². The molecule has 0 fully saturated rings. The summed E-state index contributed by atoms with van der Waals surface area (Å²) in [5, 5.41) is 4.20. The number of rotatable bonds is 3. The Morgan fingerprint density at radius 3 is 2.57 bits per heavy atom. The lowest BCUT2D eigenvalue weighted by molar-refractivity contribution is -0.286. The highest BCUT2D eigenvalue weighted by atomic mass is 35.5. The van der Waals surface area contributed by atoms with E-state index in [1.807, 2.05) is 0 Å². The van der Waals surface area contributed by atoms with Crippen molar-refractivity contribution in [2.75, 3.05) is 5.32 Å². The molecule has 0 atom stereocenters. The van der Waals surface area contributed by atoms with Crippen molar-refractivity contribution in [2.45, 2.75) is 12.8 Å². The highest BCUT2D eigenvalue weighted by Gasteiger charge is 2.43. The van der Waals surface area contributed by atoms with E-state index < -0.39 is 6.29 Å². The Bertz CT molecular complexity index is 695. The van der Waals surface area contributed by atoms with Crippen LogP contribution in [0.2, 0.25) is 10.0 Å². The number of alkyl halides is 2. The molecule has 7 heteroatoms. The standard InChI is InChI=1S/C14H9Cl2F2NO2/c15-9-1-3-11(16)8(5-9)7-19-10-2-4-12-13(6-10)21-14(17,18)20-12/h1-6,19H,7H2. The molecule has 3 nitrogen and oxygen atoms in total. The first-order valence-electron chi connectivity index (χ1n) is 6.01. The zero-order valence-electron chi connectivity index (χ0n) is 10.5. The first-order valence-corrected chi connectivity index (χ1v) is 6.76. The molecule has 1 aliphatic heterocycles. The second-order valence-electron chi connectivity index (χ2n) is 4.42. The van der Waals surface area contributed by atoms with Crippen molar-refractivity contribution in [1.29, 1.82) is 0 Å². The summed E-state index contributed by atoms with van der Waals surface area (Å²) in [4.78, 5) is 0. The van der Waals surface area contributed by atoms with Gasteiger partial charge in [0.05, 0.1) is 0 Å². The Morgan fingerprint density at radius 2 is 1.76 bits per heavy atom. The summed E-state index contributed by atoms with van der Waals surface area (Å²) in [5.41, 5.74) is 1.40. The smallest absolute Gasteiger partial charge is 0.395 e. The second-order valence-corrected chi connectivity index (χ2v) is 5.26. The molecule has 0 unspecified atom stereocenters. The number of benzene rings is 2. The number of ether oxygens (including phenoxy) is 2. The van der Waals surface area contributed by atoms with E-state index in [0.717, 1.165) is 5.56 Å². The van der Waals surface area contributed by atoms with Crippen molar-refractivity contribution >= 4 is 28.9 Å². The SMILES string of the molecule is FC1(F)Oc2ccc(NCc3cc(Cl)ccc3Cl)cc2O1. The molecule has 1 N–H and O–H groups in total. The summed E-state index contributed by atoms with van der Waals surface area (Å²) >= 11 is 12.0. The zero-order chi connectivity index (χ0) is 15.0. The van der Waals surface area contributed by atoms with E-state index in [4.69, 9.17) is 23.2 Å². The van der Waals surface area contributed by atoms with Gasteiger partial charge in [0.15, 0.2) is 11.5 Å². The number of nitrogens with one attached hydrogen (secondary N) is 1. The van der Waals surface area contributed by atoms with E-state index in [2.05, 4.69) is 14.8 Å². The van der Waals surface area contributed by atoms with Gasteiger partial charge in [-0.1, -0.05) is 23.2 Å². The minimum atomic E-state index is -3.61. The molecule has 1 aliphatic rings. The largest absolute Gasteiger partial charge is 0.586 e. The van der Waals surface area contributed by atoms with Crippen molar-refractivity contribution in [3.63, 3.8) is 0 Å². The first-order chi connectivity index (χ1) is 9.93. The molecule has 0 radical (unpaired) electrons. The van der Waals surface area contributed by atoms with Crippen LogP contribution in [0.4, 0.5) is 14.5 Å². The fraction of sp³-hybridized carbons (Fsp3) is 0.143. The molecule has 0 saturated heterocycles. The van der Waals surface area contributed by atoms with Crippen LogP contribution in [0.1, 0.15) is 5.56 Å². The van der Waals surface area contributed by atoms with Gasteiger partial charge in [-0.3, -0.25) is 0 Å². The van der Waals surface area contributed by atoms with Gasteiger partial charge in [0.2, 0.25) is 0 Å². The van der Waals surface area contributed by atoms with Crippen LogP contribution in [0.3, 0.4) is 0 Å². The summed E-state index contributed by atoms with van der Waals surface area (Å²) in [6.07, 6.45) is -3.61. The average Bonchev–Trinajstić information content (AvgIpc) is 2.72. The third-order valence-corrected chi connectivity index (χ3v) is 3.50. The molecule has 0 saturated carbocycles. The third-order valence-electron chi connectivity index (χ3n) is 2.89. The fourth-order valence-corrected chi connectivity index (χ4v) is 2.31. The van der Waals surface area contributed by atoms with Crippen molar-refractivity contribution < 1.29 is 18.3 Å². The van der Waals surface area contributed by atoms with Gasteiger partial charge in [-0.05, 0) is 35.9 Å². The van der Waals surface area contributed by atoms with E-state index in [0.29, 0.717) is 22.3 Å². The molecule has 3 rings (SSSR count). The topological polar surface area (TPSA) is 30.5 Å². The number of hydrogen-bond donors (Lipinski definition) is 1. The molecule has 2 aromatic carbocycles. The Kier molecular flexibility index (Phi) is 3.55. The Hall–Kier alpha value is -1.72. The Labute approximate surface area is 129 Å². The second kappa shape index (κ2) is 5.24. The predicted molar refractivity (Wildman–Crippen MR) is 76.4 cm³/mol. The monoisotopic (exact) mass is 331 g/mol. The van der Waals surface area contributed by atoms with Crippen molar-refractivity contribution in [1.82, 2.24) is 0 Å². The van der Waals surface area contributed by atoms with Crippen LogP contribution < -0.4 is 14.8 Å². The maximum atomic E-state index is 12.9. The number of hydrogen-bond acceptors (Lipinski definition) is 3. The highest BCUT2D eigenvalue weighted by Crippen LogP contribution is 2.42. The lowest BCUT2D eigenvalue weighted by Crippen LogP contribution is -2.25. The van der Waals surface area contributed by atoms with Gasteiger partial charge < -0.3 is 14.8 Å². The van der Waals surface area contributed by atoms with Crippen LogP contribution >= 0.6 is 23.2 Å². The molecule has 2 aromatic rings. The van der Waals surface area contributed by atoms with Crippen molar-refractivity contribution in [3.05, 3.63) is 52.0 Å². The molecule has 0 aromatic heterocycles. The first kappa shape index (κ1) is 14.2. The quantitative estimate of drug-likeness (QED) is 0.865. The number of anilines is 1. The van der Waals surface area contributed by atoms with Gasteiger partial charge in [-0.25, -0.2) is 0 Å². The predicted octanol–water partition coefficient (Wildman–Crippen LogP) is 4.93. The highest BCUT2D eigenvalue weighted by molar-refractivity contribution is 6.33.